The molecule has 0 bridgehead atoms. The summed E-state index contributed by atoms with van der Waals surface area (Å²) in [6, 6.07) is 0. The van der Waals surface area contributed by atoms with Gasteiger partial charge >= 0.3 is 0 Å². The van der Waals surface area contributed by atoms with E-state index in [4.69, 9.17) is 92.8 Å². The fourth-order valence-corrected chi connectivity index (χ4v) is 1.39. The van der Waals surface area contributed by atoms with Crippen LogP contribution < -0.4 is 0 Å². The van der Waals surface area contributed by atoms with E-state index in [0.717, 1.165) is 0 Å². The van der Waals surface area contributed by atoms with Gasteiger partial charge in [-0.25, -0.2) is 0 Å². The molecule has 0 nitrogen and oxygen atoms in total. The van der Waals surface area contributed by atoms with Crippen molar-refractivity contribution in [3.8, 4) is 0 Å². The van der Waals surface area contributed by atoms with Gasteiger partial charge in [0.1, 0.15) is 0 Å². The highest BCUT2D eigenvalue weighted by Gasteiger charge is 2.35. The second kappa shape index (κ2) is 4.72. The highest BCUT2D eigenvalue weighted by molar-refractivity contribution is 6.76. The third-order valence-corrected chi connectivity index (χ3v) is 3.45. The molecule has 0 N–H and O–H groups in total. The van der Waals surface area contributed by atoms with E-state index in [-0.39, 0.29) is 10.1 Å². The molecule has 0 unspecified atom stereocenters. The Morgan fingerprint density at radius 2 is 0.750 bits per heavy atom. The monoisotopic (exact) mass is 328 g/mol. The summed E-state index contributed by atoms with van der Waals surface area (Å²) in [5.74, 6) is 0. The van der Waals surface area contributed by atoms with Crippen molar-refractivity contribution in [2.24, 2.45) is 0 Å². The molecule has 0 aliphatic rings. The highest BCUT2D eigenvalue weighted by Crippen LogP contribution is 2.47. The van der Waals surface area contributed by atoms with Gasteiger partial charge in [-0.05, 0) is 0 Å². The van der Waals surface area contributed by atoms with E-state index in [1.165, 1.54) is 0 Å². The predicted molar refractivity (Wildman–Crippen MR) is 59.3 cm³/mol. The summed E-state index contributed by atoms with van der Waals surface area (Å²) >= 11 is 43.2. The molecular formula is C4Cl8. The fraction of sp³-hybridized carbons (Fsp3) is 0.500. The van der Waals surface area contributed by atoms with E-state index in [9.17, 15) is 0 Å². The van der Waals surface area contributed by atoms with Gasteiger partial charge in [-0.2, -0.15) is 0 Å². The Labute approximate surface area is 110 Å². The average Bonchev–Trinajstić information content (AvgIpc) is 1.80. The van der Waals surface area contributed by atoms with Gasteiger partial charge in [0.25, 0.3) is 0 Å². The smallest absolute Gasteiger partial charge is 0.0830 e. The average molecular weight is 332 g/mol. The minimum atomic E-state index is -1.89. The Hall–Kier alpha value is 2.06. The maximum Gasteiger partial charge on any atom is 0.227 e. The van der Waals surface area contributed by atoms with Crippen LogP contribution in [-0.4, -0.2) is 7.59 Å². The van der Waals surface area contributed by atoms with Gasteiger partial charge in [-0.1, -0.05) is 92.8 Å². The maximum atomic E-state index is 5.49. The summed E-state index contributed by atoms with van der Waals surface area (Å²) in [6.45, 7) is 0. The highest BCUT2D eigenvalue weighted by atomic mass is 35.6. The van der Waals surface area contributed by atoms with Crippen LogP contribution in [-0.2, 0) is 0 Å². The molecule has 0 radical (unpaired) electrons. The summed E-state index contributed by atoms with van der Waals surface area (Å²) in [6.07, 6.45) is 0. The van der Waals surface area contributed by atoms with Crippen LogP contribution in [0.5, 0.6) is 0 Å². The second-order valence-corrected chi connectivity index (χ2v) is 6.94. The molecule has 0 atom stereocenters. The zero-order chi connectivity index (χ0) is 10.2. The summed E-state index contributed by atoms with van der Waals surface area (Å²) in [5, 5.41) is -0.677. The molecule has 0 saturated heterocycles. The largest absolute Gasteiger partial charge is 0.227 e. The molecule has 0 aromatic rings. The fourth-order valence-electron chi connectivity index (χ4n) is 0.249. The third kappa shape index (κ3) is 4.52. The van der Waals surface area contributed by atoms with Crippen molar-refractivity contribution in [3.05, 3.63) is 10.1 Å². The Morgan fingerprint density at radius 3 is 0.833 bits per heavy atom. The van der Waals surface area contributed by atoms with Crippen LogP contribution in [0.2, 0.25) is 0 Å². The normalized spacial score (nSPS) is 16.0. The standard InChI is InChI=1S/C4Cl8/c5-1(3(7,8)9)2(6)4(10,11)12/b2-1-. The van der Waals surface area contributed by atoms with Crippen LogP contribution in [0, 0.1) is 0 Å². The van der Waals surface area contributed by atoms with Crippen molar-refractivity contribution in [2.45, 2.75) is 7.59 Å². The van der Waals surface area contributed by atoms with E-state index in [1.54, 1.807) is 0 Å². The maximum absolute atomic E-state index is 5.49. The van der Waals surface area contributed by atoms with Crippen molar-refractivity contribution in [1.29, 1.82) is 0 Å². The molecule has 0 amide bonds. The number of halogens is 8. The third-order valence-electron chi connectivity index (χ3n) is 0.690. The Morgan fingerprint density at radius 1 is 0.583 bits per heavy atom. The lowest BCUT2D eigenvalue weighted by molar-refractivity contribution is 1.30. The summed E-state index contributed by atoms with van der Waals surface area (Å²) in [7, 11) is 0. The number of alkyl halides is 6. The van der Waals surface area contributed by atoms with Crippen LogP contribution in [0.4, 0.5) is 0 Å². The Balaban J connectivity index is 4.96. The van der Waals surface area contributed by atoms with E-state index >= 15 is 0 Å². The van der Waals surface area contributed by atoms with E-state index in [1.807, 2.05) is 0 Å². The molecule has 72 valence electrons. The summed E-state index contributed by atoms with van der Waals surface area (Å²) in [5.41, 5.74) is 0. The molecule has 8 heteroatoms. The van der Waals surface area contributed by atoms with Crippen molar-refractivity contribution >= 4 is 92.8 Å². The van der Waals surface area contributed by atoms with Crippen molar-refractivity contribution in [2.75, 3.05) is 0 Å². The van der Waals surface area contributed by atoms with Gasteiger partial charge < -0.3 is 0 Å². The molecule has 0 aromatic heterocycles. The van der Waals surface area contributed by atoms with E-state index in [2.05, 4.69) is 0 Å². The lowest BCUT2D eigenvalue weighted by atomic mass is 10.5. The van der Waals surface area contributed by atoms with E-state index < -0.39 is 7.59 Å². The molecule has 12 heavy (non-hydrogen) atoms. The molecule has 0 heterocycles. The van der Waals surface area contributed by atoms with Crippen molar-refractivity contribution in [3.63, 3.8) is 0 Å². The first-order valence-electron chi connectivity index (χ1n) is 2.26. The van der Waals surface area contributed by atoms with Crippen LogP contribution in [0.1, 0.15) is 0 Å². The number of hydrogen-bond acceptors (Lipinski definition) is 0. The molecule has 0 spiro atoms. The van der Waals surface area contributed by atoms with Crippen LogP contribution in [0.3, 0.4) is 0 Å². The molecular weight excluding hydrogens is 332 g/mol. The van der Waals surface area contributed by atoms with Crippen molar-refractivity contribution in [1.82, 2.24) is 0 Å². The molecule has 0 aliphatic carbocycles. The lowest BCUT2D eigenvalue weighted by Gasteiger charge is -2.16. The molecule has 0 rings (SSSR count). The van der Waals surface area contributed by atoms with Gasteiger partial charge in [-0.15, -0.1) is 0 Å². The second-order valence-electron chi connectivity index (χ2n) is 1.62. The quantitative estimate of drug-likeness (QED) is 0.520. The molecule has 0 aliphatic heterocycles. The lowest BCUT2D eigenvalue weighted by Crippen LogP contribution is -2.11. The summed E-state index contributed by atoms with van der Waals surface area (Å²) in [4.78, 5) is 0. The van der Waals surface area contributed by atoms with Crippen LogP contribution in [0.15, 0.2) is 10.1 Å². The van der Waals surface area contributed by atoms with Gasteiger partial charge in [0.05, 0.1) is 10.1 Å². The van der Waals surface area contributed by atoms with Gasteiger partial charge in [-0.3, -0.25) is 0 Å². The van der Waals surface area contributed by atoms with Gasteiger partial charge in [0.2, 0.25) is 7.59 Å². The van der Waals surface area contributed by atoms with Gasteiger partial charge in [0.15, 0.2) is 0 Å². The minimum absolute atomic E-state index is 0.339. The summed E-state index contributed by atoms with van der Waals surface area (Å²) < 4.78 is -3.77. The zero-order valence-electron chi connectivity index (χ0n) is 5.02. The molecule has 0 fully saturated rings. The number of allylic oxidation sites excluding steroid dienone is 2. The zero-order valence-corrected chi connectivity index (χ0v) is 11.1. The first-order chi connectivity index (χ1) is 5.07. The predicted octanol–water partition coefficient (Wildman–Crippen LogP) is 5.42. The first kappa shape index (κ1) is 14.1. The SMILES string of the molecule is Cl/C(=C(\Cl)C(Cl)(Cl)Cl)C(Cl)(Cl)Cl. The molecule has 0 saturated carbocycles. The van der Waals surface area contributed by atoms with Crippen molar-refractivity contribution < 1.29 is 0 Å². The van der Waals surface area contributed by atoms with Crippen LogP contribution >= 0.6 is 92.8 Å². The Kier molecular flexibility index (Phi) is 5.53. The topological polar surface area (TPSA) is 0 Å². The van der Waals surface area contributed by atoms with E-state index in [0.29, 0.717) is 0 Å². The first-order valence-corrected chi connectivity index (χ1v) is 5.29. The molecule has 0 aromatic carbocycles. The minimum Gasteiger partial charge on any atom is -0.0830 e. The number of hydrogen-bond donors (Lipinski definition) is 0. The van der Waals surface area contributed by atoms with Gasteiger partial charge in [0, 0.05) is 0 Å². The number of rotatable bonds is 0. The van der Waals surface area contributed by atoms with Crippen LogP contribution in [0.25, 0.3) is 0 Å². The Bertz CT molecular complexity index is 170.